The molecule has 0 radical (unpaired) electrons. The molecule has 0 saturated heterocycles. The van der Waals surface area contributed by atoms with E-state index in [9.17, 15) is 15.0 Å². The summed E-state index contributed by atoms with van der Waals surface area (Å²) in [7, 11) is 0. The number of phenolic OH excluding ortho intramolecular Hbond substituents is 1. The number of aliphatic hydroxyl groups excluding tert-OH is 1. The SMILES string of the molecule is O=c1[nH]c2c(O)ccc(C(O)CN[C@H]3CCC[C@@H]3OCc3ccccc3)c2s1. The van der Waals surface area contributed by atoms with E-state index in [0.717, 1.165) is 36.2 Å². The first kappa shape index (κ1) is 19.1. The maximum Gasteiger partial charge on any atom is 0.305 e. The average molecular weight is 401 g/mol. The van der Waals surface area contributed by atoms with E-state index < -0.39 is 6.10 Å². The highest BCUT2D eigenvalue weighted by atomic mass is 32.1. The van der Waals surface area contributed by atoms with Gasteiger partial charge in [0, 0.05) is 18.2 Å². The summed E-state index contributed by atoms with van der Waals surface area (Å²) in [5.74, 6) is 0.0161. The van der Waals surface area contributed by atoms with Crippen LogP contribution in [-0.2, 0) is 11.3 Å². The minimum absolute atomic E-state index is 0.0161. The molecule has 1 saturated carbocycles. The standard InChI is InChI=1S/C21H24N2O4S/c24-16-10-9-14(20-19(16)23-21(26)28-20)17(25)11-22-15-7-4-8-18(15)27-12-13-5-2-1-3-6-13/h1-3,5-6,9-10,15,17-18,22,24-25H,4,7-8,11-12H2,(H,23,26)/t15-,17?,18-/m0/s1. The molecule has 1 fully saturated rings. The molecule has 1 aliphatic carbocycles. The zero-order valence-corrected chi connectivity index (χ0v) is 16.2. The summed E-state index contributed by atoms with van der Waals surface area (Å²) < 4.78 is 6.71. The fourth-order valence-corrected chi connectivity index (χ4v) is 4.73. The second-order valence-electron chi connectivity index (χ2n) is 7.19. The third-order valence-corrected chi connectivity index (χ3v) is 6.21. The first-order chi connectivity index (χ1) is 13.6. The summed E-state index contributed by atoms with van der Waals surface area (Å²) in [6.45, 7) is 0.948. The van der Waals surface area contributed by atoms with Gasteiger partial charge in [-0.25, -0.2) is 0 Å². The van der Waals surface area contributed by atoms with Crippen LogP contribution >= 0.6 is 11.3 Å². The number of rotatable bonds is 7. The number of fused-ring (bicyclic) bond motifs is 1. The van der Waals surface area contributed by atoms with Gasteiger partial charge in [-0.2, -0.15) is 0 Å². The summed E-state index contributed by atoms with van der Waals surface area (Å²) in [6, 6.07) is 13.5. The number of nitrogens with one attached hydrogen (secondary N) is 2. The highest BCUT2D eigenvalue weighted by molar-refractivity contribution is 7.16. The Morgan fingerprint density at radius 3 is 2.86 bits per heavy atom. The normalized spacial score (nSPS) is 20.6. The van der Waals surface area contributed by atoms with Gasteiger partial charge in [0.15, 0.2) is 0 Å². The van der Waals surface area contributed by atoms with E-state index in [-0.39, 0.29) is 22.8 Å². The number of thiazole rings is 1. The fourth-order valence-electron chi connectivity index (χ4n) is 3.81. The highest BCUT2D eigenvalue weighted by Crippen LogP contribution is 2.31. The van der Waals surface area contributed by atoms with Crippen LogP contribution in [0.4, 0.5) is 0 Å². The lowest BCUT2D eigenvalue weighted by Gasteiger charge is -2.23. The Morgan fingerprint density at radius 2 is 2.04 bits per heavy atom. The topological polar surface area (TPSA) is 94.6 Å². The van der Waals surface area contributed by atoms with Crippen LogP contribution in [0.5, 0.6) is 5.75 Å². The van der Waals surface area contributed by atoms with E-state index in [0.29, 0.717) is 28.9 Å². The number of aromatic hydroxyl groups is 1. The Balaban J connectivity index is 1.38. The average Bonchev–Trinajstić information content (AvgIpc) is 3.32. The quantitative estimate of drug-likeness (QED) is 0.489. The van der Waals surface area contributed by atoms with Crippen molar-refractivity contribution in [2.45, 2.75) is 44.1 Å². The van der Waals surface area contributed by atoms with Crippen molar-refractivity contribution in [1.29, 1.82) is 0 Å². The van der Waals surface area contributed by atoms with Crippen LogP contribution in [0, 0.1) is 0 Å². The number of ether oxygens (including phenoxy) is 1. The molecule has 0 aliphatic heterocycles. The molecule has 1 heterocycles. The Kier molecular flexibility index (Phi) is 5.77. The Hall–Kier alpha value is -2.19. The van der Waals surface area contributed by atoms with Crippen molar-refractivity contribution in [3.8, 4) is 5.75 Å². The maximum atomic E-state index is 11.7. The lowest BCUT2D eigenvalue weighted by Crippen LogP contribution is -2.39. The zero-order valence-electron chi connectivity index (χ0n) is 15.4. The molecule has 148 valence electrons. The molecule has 7 heteroatoms. The van der Waals surface area contributed by atoms with Crippen molar-refractivity contribution in [3.05, 3.63) is 63.3 Å². The van der Waals surface area contributed by atoms with Gasteiger partial charge in [-0.3, -0.25) is 4.79 Å². The molecule has 6 nitrogen and oxygen atoms in total. The fraction of sp³-hybridized carbons (Fsp3) is 0.381. The minimum Gasteiger partial charge on any atom is -0.506 e. The van der Waals surface area contributed by atoms with Gasteiger partial charge in [-0.05, 0) is 30.9 Å². The molecule has 3 aromatic rings. The molecule has 0 spiro atoms. The summed E-state index contributed by atoms with van der Waals surface area (Å²) in [5, 5.41) is 24.0. The number of aromatic nitrogens is 1. The number of phenols is 1. The van der Waals surface area contributed by atoms with Crippen molar-refractivity contribution < 1.29 is 14.9 Å². The predicted molar refractivity (Wildman–Crippen MR) is 110 cm³/mol. The largest absolute Gasteiger partial charge is 0.506 e. The molecule has 28 heavy (non-hydrogen) atoms. The van der Waals surface area contributed by atoms with Gasteiger partial charge in [0.25, 0.3) is 0 Å². The molecule has 1 aliphatic rings. The smallest absolute Gasteiger partial charge is 0.305 e. The van der Waals surface area contributed by atoms with Crippen LogP contribution in [-0.4, -0.2) is 33.9 Å². The molecule has 1 aromatic heterocycles. The second-order valence-corrected chi connectivity index (χ2v) is 8.17. The van der Waals surface area contributed by atoms with Gasteiger partial charge in [0.2, 0.25) is 0 Å². The van der Waals surface area contributed by atoms with Gasteiger partial charge in [-0.1, -0.05) is 47.7 Å². The van der Waals surface area contributed by atoms with E-state index in [1.807, 2.05) is 18.2 Å². The Morgan fingerprint density at radius 1 is 1.21 bits per heavy atom. The highest BCUT2D eigenvalue weighted by Gasteiger charge is 2.28. The van der Waals surface area contributed by atoms with Crippen LogP contribution in [0.2, 0.25) is 0 Å². The van der Waals surface area contributed by atoms with E-state index in [1.165, 1.54) is 6.07 Å². The Bertz CT molecular complexity index is 985. The van der Waals surface area contributed by atoms with Crippen molar-refractivity contribution >= 4 is 21.6 Å². The van der Waals surface area contributed by atoms with Crippen LogP contribution < -0.4 is 10.2 Å². The summed E-state index contributed by atoms with van der Waals surface area (Å²) in [6.07, 6.45) is 2.45. The lowest BCUT2D eigenvalue weighted by atomic mass is 10.1. The van der Waals surface area contributed by atoms with E-state index in [2.05, 4.69) is 22.4 Å². The molecule has 3 atom stereocenters. The number of hydrogen-bond donors (Lipinski definition) is 4. The van der Waals surface area contributed by atoms with Crippen molar-refractivity contribution in [2.24, 2.45) is 0 Å². The maximum absolute atomic E-state index is 11.7. The van der Waals surface area contributed by atoms with Crippen LogP contribution in [0.15, 0.2) is 47.3 Å². The van der Waals surface area contributed by atoms with Crippen molar-refractivity contribution in [2.75, 3.05) is 6.54 Å². The first-order valence-corrected chi connectivity index (χ1v) is 10.3. The monoisotopic (exact) mass is 400 g/mol. The van der Waals surface area contributed by atoms with Gasteiger partial charge in [0.05, 0.1) is 23.5 Å². The predicted octanol–water partition coefficient (Wildman–Crippen LogP) is 3.06. The van der Waals surface area contributed by atoms with Crippen LogP contribution in [0.1, 0.15) is 36.5 Å². The molecular weight excluding hydrogens is 376 g/mol. The first-order valence-electron chi connectivity index (χ1n) is 9.53. The minimum atomic E-state index is -0.773. The van der Waals surface area contributed by atoms with Gasteiger partial charge < -0.3 is 25.3 Å². The summed E-state index contributed by atoms with van der Waals surface area (Å²) in [4.78, 5) is 14.0. The van der Waals surface area contributed by atoms with Crippen molar-refractivity contribution in [3.63, 3.8) is 0 Å². The van der Waals surface area contributed by atoms with E-state index >= 15 is 0 Å². The Labute approximate surface area is 166 Å². The second kappa shape index (κ2) is 8.45. The number of benzene rings is 2. The van der Waals surface area contributed by atoms with Crippen LogP contribution in [0.3, 0.4) is 0 Å². The molecule has 4 N–H and O–H groups in total. The summed E-state index contributed by atoms with van der Waals surface area (Å²) in [5.41, 5.74) is 2.18. The molecule has 2 aromatic carbocycles. The molecule has 0 amide bonds. The molecule has 1 unspecified atom stereocenters. The van der Waals surface area contributed by atoms with Crippen molar-refractivity contribution in [1.82, 2.24) is 10.3 Å². The van der Waals surface area contributed by atoms with Gasteiger partial charge >= 0.3 is 4.87 Å². The molecule has 4 rings (SSSR count). The number of aromatic amines is 1. The molecule has 0 bridgehead atoms. The lowest BCUT2D eigenvalue weighted by molar-refractivity contribution is 0.0249. The number of hydrogen-bond acceptors (Lipinski definition) is 6. The van der Waals surface area contributed by atoms with Crippen LogP contribution in [0.25, 0.3) is 10.2 Å². The van der Waals surface area contributed by atoms with Gasteiger partial charge in [0.1, 0.15) is 11.3 Å². The van der Waals surface area contributed by atoms with E-state index in [4.69, 9.17) is 4.74 Å². The third kappa shape index (κ3) is 4.12. The van der Waals surface area contributed by atoms with E-state index in [1.54, 1.807) is 6.07 Å². The number of H-pyrrole nitrogens is 1. The van der Waals surface area contributed by atoms with Gasteiger partial charge in [-0.15, -0.1) is 0 Å². The zero-order chi connectivity index (χ0) is 19.5. The molecular formula is C21H24N2O4S. The third-order valence-electron chi connectivity index (χ3n) is 5.28. The summed E-state index contributed by atoms with van der Waals surface area (Å²) >= 11 is 1.00. The number of aliphatic hydroxyl groups is 1.